The van der Waals surface area contributed by atoms with Crippen molar-refractivity contribution in [1.29, 1.82) is 0 Å². The lowest BCUT2D eigenvalue weighted by Gasteiger charge is -2.14. The van der Waals surface area contributed by atoms with Crippen molar-refractivity contribution in [2.24, 2.45) is 0 Å². The van der Waals surface area contributed by atoms with Gasteiger partial charge in [-0.15, -0.1) is 0 Å². The van der Waals surface area contributed by atoms with E-state index in [0.717, 1.165) is 18.2 Å². The molecule has 1 saturated heterocycles. The summed E-state index contributed by atoms with van der Waals surface area (Å²) in [5.74, 6) is -1.85. The number of Topliss-reactive ketones (excluding diaryl/α,β-unsaturated/α-hetero) is 1. The Morgan fingerprint density at radius 2 is 2.21 bits per heavy atom. The van der Waals surface area contributed by atoms with Crippen LogP contribution >= 0.6 is 11.8 Å². The molecular formula is C16H18N2O5S. The smallest absolute Gasteiger partial charge is 0.330 e. The van der Waals surface area contributed by atoms with Crippen LogP contribution in [0.3, 0.4) is 0 Å². The van der Waals surface area contributed by atoms with Crippen LogP contribution in [0.1, 0.15) is 36.5 Å². The Morgan fingerprint density at radius 1 is 1.42 bits per heavy atom. The fraction of sp³-hybridized carbons (Fsp3) is 0.438. The van der Waals surface area contributed by atoms with Crippen LogP contribution in [0.4, 0.5) is 0 Å². The zero-order valence-corrected chi connectivity index (χ0v) is 14.0. The third-order valence-electron chi connectivity index (χ3n) is 3.46. The number of hydrogen-bond acceptors (Lipinski definition) is 8. The summed E-state index contributed by atoms with van der Waals surface area (Å²) in [6, 6.07) is 2.67. The maximum Gasteiger partial charge on any atom is 0.330 e. The minimum absolute atomic E-state index is 0.297. The van der Waals surface area contributed by atoms with Gasteiger partial charge < -0.3 is 10.1 Å². The average molecular weight is 350 g/mol. The van der Waals surface area contributed by atoms with Crippen LogP contribution in [0.15, 0.2) is 24.5 Å². The van der Waals surface area contributed by atoms with Gasteiger partial charge in [0.05, 0.1) is 11.7 Å². The lowest BCUT2D eigenvalue weighted by molar-refractivity contribution is -0.160. The topological polar surface area (TPSA) is 102 Å². The second-order valence-electron chi connectivity index (χ2n) is 5.35. The van der Waals surface area contributed by atoms with Gasteiger partial charge in [0.2, 0.25) is 0 Å². The van der Waals surface area contributed by atoms with Crippen molar-refractivity contribution in [2.75, 3.05) is 6.54 Å². The number of thioether (sulfide) groups is 1. The lowest BCUT2D eigenvalue weighted by Crippen LogP contribution is -2.35. The zero-order chi connectivity index (χ0) is 17.5. The summed E-state index contributed by atoms with van der Waals surface area (Å²) >= 11 is 0.746. The van der Waals surface area contributed by atoms with Crippen LogP contribution in [0.2, 0.25) is 0 Å². The molecule has 0 spiro atoms. The number of ketones is 1. The molecule has 2 atom stereocenters. The fourth-order valence-electron chi connectivity index (χ4n) is 2.34. The molecule has 0 aliphatic carbocycles. The van der Waals surface area contributed by atoms with Crippen molar-refractivity contribution in [3.05, 3.63) is 30.1 Å². The van der Waals surface area contributed by atoms with Crippen molar-refractivity contribution in [3.63, 3.8) is 0 Å². The molecule has 0 radical (unpaired) electrons. The average Bonchev–Trinajstić information content (AvgIpc) is 3.08. The molecule has 1 N–H and O–H groups in total. The van der Waals surface area contributed by atoms with E-state index in [1.807, 2.05) is 0 Å². The first-order valence-electron chi connectivity index (χ1n) is 7.56. The Bertz CT molecular complexity index is 629. The Kier molecular flexibility index (Phi) is 6.62. The monoisotopic (exact) mass is 350 g/mol. The summed E-state index contributed by atoms with van der Waals surface area (Å²) in [6.07, 6.45) is 4.00. The van der Waals surface area contributed by atoms with Gasteiger partial charge in [0.1, 0.15) is 6.04 Å². The Labute approximate surface area is 143 Å². The van der Waals surface area contributed by atoms with E-state index in [0.29, 0.717) is 18.5 Å². The van der Waals surface area contributed by atoms with Crippen LogP contribution in [0.5, 0.6) is 0 Å². The number of rotatable bonds is 6. The number of carbonyl (C=O) groups excluding carboxylic acids is 4. The SMILES string of the molecule is CC(=O)SC(CC(=O)OC(=O)[C@@H]1CCCN1)C(=O)c1cccnc1. The first-order chi connectivity index (χ1) is 11.5. The molecule has 7 nitrogen and oxygen atoms in total. The van der Waals surface area contributed by atoms with Gasteiger partial charge in [-0.3, -0.25) is 19.4 Å². The number of hydrogen-bond donors (Lipinski definition) is 1. The molecule has 8 heteroatoms. The molecule has 1 unspecified atom stereocenters. The minimum Gasteiger partial charge on any atom is -0.392 e. The van der Waals surface area contributed by atoms with Gasteiger partial charge in [0, 0.05) is 24.9 Å². The highest BCUT2D eigenvalue weighted by Crippen LogP contribution is 2.21. The molecule has 1 aliphatic rings. The van der Waals surface area contributed by atoms with Crippen molar-refractivity contribution >= 4 is 34.6 Å². The van der Waals surface area contributed by atoms with Crippen LogP contribution in [0, 0.1) is 0 Å². The van der Waals surface area contributed by atoms with Crippen LogP contribution in [-0.4, -0.2) is 45.7 Å². The maximum absolute atomic E-state index is 12.4. The highest BCUT2D eigenvalue weighted by atomic mass is 32.2. The van der Waals surface area contributed by atoms with Crippen LogP contribution in [-0.2, 0) is 19.1 Å². The second-order valence-corrected chi connectivity index (χ2v) is 6.73. The standard InChI is InChI=1S/C16H18N2O5S/c1-10(19)24-13(15(21)11-4-2-6-17-9-11)8-14(20)23-16(22)12-5-3-7-18-12/h2,4,6,9,12-13,18H,3,5,7-8H2,1H3/t12-,13?/m0/s1. The molecule has 0 saturated carbocycles. The number of esters is 2. The number of aromatic nitrogens is 1. The Morgan fingerprint density at radius 3 is 2.79 bits per heavy atom. The maximum atomic E-state index is 12.4. The molecule has 1 aromatic heterocycles. The summed E-state index contributed by atoms with van der Waals surface area (Å²) in [4.78, 5) is 51.5. The molecule has 2 rings (SSSR count). The molecule has 0 bridgehead atoms. The van der Waals surface area contributed by atoms with Crippen molar-refractivity contribution < 1.29 is 23.9 Å². The predicted molar refractivity (Wildman–Crippen MR) is 87.4 cm³/mol. The lowest BCUT2D eigenvalue weighted by atomic mass is 10.1. The van der Waals surface area contributed by atoms with Crippen molar-refractivity contribution in [3.8, 4) is 0 Å². The van der Waals surface area contributed by atoms with Gasteiger partial charge in [-0.2, -0.15) is 0 Å². The predicted octanol–water partition coefficient (Wildman–Crippen LogP) is 1.12. The van der Waals surface area contributed by atoms with Crippen LogP contribution < -0.4 is 5.32 Å². The van der Waals surface area contributed by atoms with Crippen molar-refractivity contribution in [1.82, 2.24) is 10.3 Å². The molecule has 128 valence electrons. The fourth-order valence-corrected chi connectivity index (χ4v) is 3.21. The molecule has 1 fully saturated rings. The van der Waals surface area contributed by atoms with Gasteiger partial charge in [0.15, 0.2) is 10.9 Å². The first kappa shape index (κ1) is 18.3. The van der Waals surface area contributed by atoms with E-state index >= 15 is 0 Å². The minimum atomic E-state index is -0.941. The summed E-state index contributed by atoms with van der Waals surface area (Å²) in [5, 5.41) is 1.70. The molecule has 1 aromatic rings. The van der Waals surface area contributed by atoms with E-state index < -0.39 is 29.0 Å². The molecule has 2 heterocycles. The quantitative estimate of drug-likeness (QED) is 0.463. The van der Waals surface area contributed by atoms with E-state index in [4.69, 9.17) is 4.74 Å². The number of pyridine rings is 1. The zero-order valence-electron chi connectivity index (χ0n) is 13.2. The van der Waals surface area contributed by atoms with E-state index in [2.05, 4.69) is 10.3 Å². The van der Waals surface area contributed by atoms with Gasteiger partial charge in [-0.05, 0) is 31.5 Å². The van der Waals surface area contributed by atoms with Gasteiger partial charge in [-0.1, -0.05) is 11.8 Å². The van der Waals surface area contributed by atoms with Gasteiger partial charge >= 0.3 is 11.9 Å². The summed E-state index contributed by atoms with van der Waals surface area (Å²) in [5.41, 5.74) is 0.299. The number of ether oxygens (including phenoxy) is 1. The van der Waals surface area contributed by atoms with Gasteiger partial charge in [0.25, 0.3) is 0 Å². The van der Waals surface area contributed by atoms with Crippen molar-refractivity contribution in [2.45, 2.75) is 37.5 Å². The Balaban J connectivity index is 1.99. The number of nitrogens with zero attached hydrogens (tertiary/aromatic N) is 1. The summed E-state index contributed by atoms with van der Waals surface area (Å²) in [7, 11) is 0. The van der Waals surface area contributed by atoms with Gasteiger partial charge in [-0.25, -0.2) is 4.79 Å². The third-order valence-corrected chi connectivity index (χ3v) is 4.46. The van der Waals surface area contributed by atoms with Crippen LogP contribution in [0.25, 0.3) is 0 Å². The van der Waals surface area contributed by atoms with E-state index in [-0.39, 0.29) is 11.5 Å². The molecule has 1 aliphatic heterocycles. The molecular weight excluding hydrogens is 332 g/mol. The first-order valence-corrected chi connectivity index (χ1v) is 8.44. The molecule has 0 aromatic carbocycles. The second kappa shape index (κ2) is 8.70. The summed E-state index contributed by atoms with van der Waals surface area (Å²) < 4.78 is 4.80. The van der Waals surface area contributed by atoms with E-state index in [9.17, 15) is 19.2 Å². The number of carbonyl (C=O) groups is 4. The molecule has 24 heavy (non-hydrogen) atoms. The third kappa shape index (κ3) is 5.24. The van der Waals surface area contributed by atoms with E-state index in [1.54, 1.807) is 12.1 Å². The normalized spacial score (nSPS) is 18.0. The molecule has 0 amide bonds. The highest BCUT2D eigenvalue weighted by Gasteiger charge is 2.30. The highest BCUT2D eigenvalue weighted by molar-refractivity contribution is 8.14. The number of nitrogens with one attached hydrogen (secondary N) is 1. The largest absolute Gasteiger partial charge is 0.392 e. The van der Waals surface area contributed by atoms with E-state index in [1.165, 1.54) is 19.3 Å². The summed E-state index contributed by atoms with van der Waals surface area (Å²) in [6.45, 7) is 2.02. The Hall–Kier alpha value is -2.06.